The van der Waals surface area contributed by atoms with Crippen molar-refractivity contribution in [2.75, 3.05) is 6.79 Å². The van der Waals surface area contributed by atoms with Crippen molar-refractivity contribution in [3.05, 3.63) is 65.5 Å². The fraction of sp³-hybridized carbons (Fsp3) is 0.167. The summed E-state index contributed by atoms with van der Waals surface area (Å²) in [4.78, 5) is 12.3. The molecule has 0 saturated heterocycles. The first-order valence-corrected chi connectivity index (χ1v) is 8.17. The number of amides is 1. The van der Waals surface area contributed by atoms with Gasteiger partial charge in [0.2, 0.25) is 6.79 Å². The van der Waals surface area contributed by atoms with Crippen molar-refractivity contribution in [3.8, 4) is 17.2 Å². The monoisotopic (exact) mass is 390 g/mol. The number of carbonyl (C=O) groups excluding carboxylic acids is 1. The molecule has 4 rings (SSSR count). The second-order valence-electron chi connectivity index (χ2n) is 5.93. The van der Waals surface area contributed by atoms with E-state index in [0.717, 1.165) is 22.5 Å². The van der Waals surface area contributed by atoms with E-state index in [0.29, 0.717) is 11.5 Å². The van der Waals surface area contributed by atoms with Crippen LogP contribution in [0.1, 0.15) is 21.6 Å². The summed E-state index contributed by atoms with van der Waals surface area (Å²) in [5, 5.41) is 9.97. The summed E-state index contributed by atoms with van der Waals surface area (Å²) in [6, 6.07) is 10.2. The maximum Gasteiger partial charge on any atom is 0.418 e. The van der Waals surface area contributed by atoms with Gasteiger partial charge in [-0.2, -0.15) is 13.2 Å². The van der Waals surface area contributed by atoms with Gasteiger partial charge >= 0.3 is 6.18 Å². The van der Waals surface area contributed by atoms with E-state index in [-0.39, 0.29) is 24.7 Å². The third-order valence-electron chi connectivity index (χ3n) is 4.07. The smallest absolute Gasteiger partial charge is 0.418 e. The zero-order chi connectivity index (χ0) is 19.7. The van der Waals surface area contributed by atoms with Crippen molar-refractivity contribution in [1.29, 1.82) is 0 Å². The van der Waals surface area contributed by atoms with Gasteiger partial charge in [-0.25, -0.2) is 4.68 Å². The van der Waals surface area contributed by atoms with Gasteiger partial charge in [0.25, 0.3) is 5.91 Å². The van der Waals surface area contributed by atoms with Gasteiger partial charge in [0.05, 0.1) is 17.4 Å². The molecule has 3 aromatic rings. The van der Waals surface area contributed by atoms with Gasteiger partial charge in [0.15, 0.2) is 17.2 Å². The predicted molar refractivity (Wildman–Crippen MR) is 90.1 cm³/mol. The van der Waals surface area contributed by atoms with Gasteiger partial charge in [-0.1, -0.05) is 23.4 Å². The summed E-state index contributed by atoms with van der Waals surface area (Å²) in [5.41, 5.74) is -0.408. The Labute approximate surface area is 156 Å². The third-order valence-corrected chi connectivity index (χ3v) is 4.07. The number of nitrogens with one attached hydrogen (secondary N) is 1. The fourth-order valence-corrected chi connectivity index (χ4v) is 2.72. The zero-order valence-corrected chi connectivity index (χ0v) is 14.2. The Balaban J connectivity index is 1.48. The molecule has 0 unspecified atom stereocenters. The molecule has 28 heavy (non-hydrogen) atoms. The van der Waals surface area contributed by atoms with Gasteiger partial charge in [-0.3, -0.25) is 4.79 Å². The summed E-state index contributed by atoms with van der Waals surface area (Å²) in [6.45, 7) is 0.328. The summed E-state index contributed by atoms with van der Waals surface area (Å²) < 4.78 is 50.8. The molecule has 2 aromatic carbocycles. The molecule has 1 aliphatic rings. The number of aromatic nitrogens is 3. The number of nitrogens with zero attached hydrogens (tertiary/aromatic N) is 3. The first-order valence-electron chi connectivity index (χ1n) is 8.17. The molecule has 0 fully saturated rings. The number of hydrogen-bond acceptors (Lipinski definition) is 5. The molecular formula is C18H13F3N4O3. The van der Waals surface area contributed by atoms with Crippen molar-refractivity contribution in [2.24, 2.45) is 0 Å². The van der Waals surface area contributed by atoms with E-state index in [2.05, 4.69) is 15.6 Å². The molecule has 7 nitrogen and oxygen atoms in total. The molecule has 1 aromatic heterocycles. The van der Waals surface area contributed by atoms with Gasteiger partial charge in [0.1, 0.15) is 0 Å². The highest BCUT2D eigenvalue weighted by Crippen LogP contribution is 2.34. The Hall–Kier alpha value is -3.56. The Morgan fingerprint density at radius 2 is 1.93 bits per heavy atom. The molecule has 0 radical (unpaired) electrons. The lowest BCUT2D eigenvalue weighted by Crippen LogP contribution is -2.23. The maximum absolute atomic E-state index is 13.1. The quantitative estimate of drug-likeness (QED) is 0.741. The number of alkyl halides is 3. The number of ether oxygens (including phenoxy) is 2. The summed E-state index contributed by atoms with van der Waals surface area (Å²) >= 11 is 0. The summed E-state index contributed by atoms with van der Waals surface area (Å²) in [6.07, 6.45) is -3.40. The topological polar surface area (TPSA) is 78.3 Å². The number of hydrogen-bond donors (Lipinski definition) is 1. The lowest BCUT2D eigenvalue weighted by Gasteiger charge is -2.11. The summed E-state index contributed by atoms with van der Waals surface area (Å²) in [5.74, 6) is 0.649. The number of para-hydroxylation sites is 1. The van der Waals surface area contributed by atoms with Crippen molar-refractivity contribution < 1.29 is 27.4 Å². The highest BCUT2D eigenvalue weighted by Gasteiger charge is 2.34. The minimum atomic E-state index is -4.55. The van der Waals surface area contributed by atoms with Crippen molar-refractivity contribution in [2.45, 2.75) is 12.7 Å². The van der Waals surface area contributed by atoms with E-state index in [9.17, 15) is 18.0 Å². The molecule has 1 amide bonds. The van der Waals surface area contributed by atoms with Crippen LogP contribution in [0.15, 0.2) is 48.7 Å². The maximum atomic E-state index is 13.1. The fourth-order valence-electron chi connectivity index (χ4n) is 2.72. The lowest BCUT2D eigenvalue weighted by molar-refractivity contribution is -0.137. The Morgan fingerprint density at radius 1 is 1.14 bits per heavy atom. The van der Waals surface area contributed by atoms with E-state index in [1.165, 1.54) is 18.2 Å². The van der Waals surface area contributed by atoms with Crippen LogP contribution in [0.3, 0.4) is 0 Å². The Kier molecular flexibility index (Phi) is 4.38. The number of rotatable bonds is 4. The van der Waals surface area contributed by atoms with Crippen LogP contribution >= 0.6 is 0 Å². The Morgan fingerprint density at radius 3 is 2.75 bits per heavy atom. The van der Waals surface area contributed by atoms with Crippen molar-refractivity contribution >= 4 is 5.91 Å². The number of benzene rings is 2. The second-order valence-corrected chi connectivity index (χ2v) is 5.93. The first kappa shape index (κ1) is 17.8. The molecule has 2 heterocycles. The zero-order valence-electron chi connectivity index (χ0n) is 14.2. The van der Waals surface area contributed by atoms with Crippen LogP contribution in [-0.4, -0.2) is 27.7 Å². The van der Waals surface area contributed by atoms with Crippen LogP contribution in [0.5, 0.6) is 11.5 Å². The third kappa shape index (κ3) is 3.48. The minimum absolute atomic E-state index is 0.0993. The van der Waals surface area contributed by atoms with Gasteiger partial charge in [0, 0.05) is 6.54 Å². The Bertz CT molecular complexity index is 1030. The molecular weight excluding hydrogens is 377 g/mol. The van der Waals surface area contributed by atoms with Crippen LogP contribution in [-0.2, 0) is 12.7 Å². The van der Waals surface area contributed by atoms with E-state index in [1.54, 1.807) is 18.2 Å². The highest BCUT2D eigenvalue weighted by molar-refractivity contribution is 5.91. The SMILES string of the molecule is O=C(NCc1ccc2c(c1)OCO2)c1cn(-c2ccccc2C(F)(F)F)nn1. The molecule has 0 saturated carbocycles. The standard InChI is InChI=1S/C18H13F3N4O3/c19-18(20,21)12-3-1-2-4-14(12)25-9-13(23-24-25)17(26)22-8-11-5-6-15-16(7-11)28-10-27-15/h1-7,9H,8,10H2,(H,22,26). The molecule has 144 valence electrons. The van der Waals surface area contributed by atoms with Crippen LogP contribution in [0.25, 0.3) is 5.69 Å². The van der Waals surface area contributed by atoms with Crippen molar-refractivity contribution in [1.82, 2.24) is 20.3 Å². The van der Waals surface area contributed by atoms with E-state index in [1.807, 2.05) is 0 Å². The minimum Gasteiger partial charge on any atom is -0.454 e. The van der Waals surface area contributed by atoms with E-state index in [4.69, 9.17) is 9.47 Å². The molecule has 0 bridgehead atoms. The van der Waals surface area contributed by atoms with Gasteiger partial charge in [-0.15, -0.1) is 5.10 Å². The molecule has 0 spiro atoms. The van der Waals surface area contributed by atoms with E-state index < -0.39 is 17.6 Å². The van der Waals surface area contributed by atoms with Crippen LogP contribution in [0, 0.1) is 0 Å². The van der Waals surface area contributed by atoms with Crippen LogP contribution in [0.2, 0.25) is 0 Å². The largest absolute Gasteiger partial charge is 0.454 e. The average molecular weight is 390 g/mol. The molecule has 1 aliphatic heterocycles. The summed E-state index contributed by atoms with van der Waals surface area (Å²) in [7, 11) is 0. The van der Waals surface area contributed by atoms with Crippen molar-refractivity contribution in [3.63, 3.8) is 0 Å². The highest BCUT2D eigenvalue weighted by atomic mass is 19.4. The normalized spacial score (nSPS) is 12.8. The molecule has 10 heteroatoms. The second kappa shape index (κ2) is 6.87. The average Bonchev–Trinajstić information content (AvgIpc) is 3.34. The number of halogens is 3. The van der Waals surface area contributed by atoms with Gasteiger partial charge < -0.3 is 14.8 Å². The van der Waals surface area contributed by atoms with Crippen LogP contribution in [0.4, 0.5) is 13.2 Å². The molecule has 0 atom stereocenters. The number of carbonyl (C=O) groups is 1. The van der Waals surface area contributed by atoms with E-state index >= 15 is 0 Å². The first-order chi connectivity index (χ1) is 13.4. The molecule has 0 aliphatic carbocycles. The molecule has 1 N–H and O–H groups in total. The lowest BCUT2D eigenvalue weighted by atomic mass is 10.1. The van der Waals surface area contributed by atoms with Crippen LogP contribution < -0.4 is 14.8 Å². The van der Waals surface area contributed by atoms with Gasteiger partial charge in [-0.05, 0) is 29.8 Å². The predicted octanol–water partition coefficient (Wildman–Crippen LogP) is 2.94. The number of fused-ring (bicyclic) bond motifs is 1.